The number of anilines is 2. The second kappa shape index (κ2) is 6.80. The minimum atomic E-state index is -0.277. The molecule has 0 bridgehead atoms. The highest BCUT2D eigenvalue weighted by Gasteiger charge is 2.24. The van der Waals surface area contributed by atoms with Gasteiger partial charge >= 0.3 is 0 Å². The van der Waals surface area contributed by atoms with Crippen molar-refractivity contribution in [1.82, 2.24) is 24.7 Å². The van der Waals surface area contributed by atoms with E-state index in [0.717, 1.165) is 29.7 Å². The fourth-order valence-electron chi connectivity index (χ4n) is 3.84. The summed E-state index contributed by atoms with van der Waals surface area (Å²) in [5.74, 6) is 1.68. The van der Waals surface area contributed by atoms with Crippen molar-refractivity contribution in [3.05, 3.63) is 59.5 Å². The number of halogens is 1. The van der Waals surface area contributed by atoms with Crippen molar-refractivity contribution in [2.24, 2.45) is 0 Å². The van der Waals surface area contributed by atoms with Crippen LogP contribution in [0.5, 0.6) is 0 Å². The van der Waals surface area contributed by atoms with Crippen LogP contribution in [0.1, 0.15) is 30.4 Å². The van der Waals surface area contributed by atoms with Crippen LogP contribution in [0.25, 0.3) is 22.6 Å². The molecule has 0 saturated heterocycles. The number of nitrogens with two attached hydrogens (primary N) is 1. The molecule has 3 aromatic heterocycles. The molecule has 0 aliphatic carbocycles. The lowest BCUT2D eigenvalue weighted by atomic mass is 9.95. The zero-order chi connectivity index (χ0) is 20.0. The number of benzene rings is 1. The molecule has 4 aromatic rings. The molecule has 5 rings (SSSR count). The van der Waals surface area contributed by atoms with E-state index in [2.05, 4.69) is 27.3 Å². The van der Waals surface area contributed by atoms with E-state index in [1.807, 2.05) is 12.1 Å². The first kappa shape index (κ1) is 17.5. The average Bonchev–Trinajstić information content (AvgIpc) is 3.08. The number of nitrogens with zero attached hydrogens (tertiary/aromatic N) is 5. The molecule has 4 heterocycles. The van der Waals surface area contributed by atoms with Crippen molar-refractivity contribution in [3.8, 4) is 11.5 Å². The summed E-state index contributed by atoms with van der Waals surface area (Å²) < 4.78 is 15.9. The van der Waals surface area contributed by atoms with E-state index in [9.17, 15) is 4.39 Å². The Morgan fingerprint density at radius 1 is 1.21 bits per heavy atom. The molecular weight excluding hydrogens is 369 g/mol. The lowest BCUT2D eigenvalue weighted by molar-refractivity contribution is 0.589. The molecule has 1 unspecified atom stereocenters. The second-order valence-corrected chi connectivity index (χ2v) is 7.28. The van der Waals surface area contributed by atoms with Crippen LogP contribution < -0.4 is 11.1 Å². The van der Waals surface area contributed by atoms with Gasteiger partial charge in [-0.3, -0.25) is 0 Å². The maximum absolute atomic E-state index is 14.2. The number of nitrogen functional groups attached to an aromatic ring is 1. The van der Waals surface area contributed by atoms with Gasteiger partial charge in [-0.1, -0.05) is 25.1 Å². The van der Waals surface area contributed by atoms with E-state index in [-0.39, 0.29) is 12.4 Å². The van der Waals surface area contributed by atoms with Gasteiger partial charge in [0.2, 0.25) is 0 Å². The predicted molar refractivity (Wildman–Crippen MR) is 110 cm³/mol. The molecule has 0 fully saturated rings. The van der Waals surface area contributed by atoms with Gasteiger partial charge < -0.3 is 11.1 Å². The Labute approximate surface area is 166 Å². The molecule has 1 atom stereocenters. The number of aromatic nitrogens is 5. The fraction of sp³-hybridized carbons (Fsp3) is 0.238. The summed E-state index contributed by atoms with van der Waals surface area (Å²) in [7, 11) is 0. The largest absolute Gasteiger partial charge is 0.383 e. The molecule has 1 aromatic carbocycles. The first-order valence-electron chi connectivity index (χ1n) is 9.58. The lowest BCUT2D eigenvalue weighted by Gasteiger charge is -2.24. The van der Waals surface area contributed by atoms with Gasteiger partial charge in [0.05, 0.1) is 11.9 Å². The monoisotopic (exact) mass is 389 g/mol. The highest BCUT2D eigenvalue weighted by atomic mass is 19.1. The van der Waals surface area contributed by atoms with Crippen molar-refractivity contribution in [2.45, 2.75) is 25.8 Å². The van der Waals surface area contributed by atoms with E-state index in [4.69, 9.17) is 10.7 Å². The van der Waals surface area contributed by atoms with E-state index in [1.165, 1.54) is 6.07 Å². The van der Waals surface area contributed by atoms with Crippen molar-refractivity contribution < 1.29 is 4.39 Å². The summed E-state index contributed by atoms with van der Waals surface area (Å²) in [6.07, 6.45) is 2.68. The Morgan fingerprint density at radius 3 is 2.93 bits per heavy atom. The molecule has 7 nitrogen and oxygen atoms in total. The number of hydrogen-bond donors (Lipinski definition) is 2. The Kier molecular flexibility index (Phi) is 4.12. The minimum absolute atomic E-state index is 0.260. The molecule has 0 radical (unpaired) electrons. The summed E-state index contributed by atoms with van der Waals surface area (Å²) in [4.78, 5) is 13.7. The molecule has 1 aliphatic heterocycles. The summed E-state index contributed by atoms with van der Waals surface area (Å²) in [5.41, 5.74) is 8.99. The van der Waals surface area contributed by atoms with Crippen LogP contribution in [0.3, 0.4) is 0 Å². The zero-order valence-electron chi connectivity index (χ0n) is 15.9. The average molecular weight is 389 g/mol. The third-order valence-electron chi connectivity index (χ3n) is 5.33. The Hall–Kier alpha value is -3.55. The van der Waals surface area contributed by atoms with Crippen LogP contribution in [0.4, 0.5) is 16.0 Å². The molecule has 29 heavy (non-hydrogen) atoms. The molecule has 0 amide bonds. The number of hydrogen-bond acceptors (Lipinski definition) is 6. The molecular formula is C21H20FN7. The molecule has 3 N–H and O–H groups in total. The summed E-state index contributed by atoms with van der Waals surface area (Å²) >= 11 is 0. The summed E-state index contributed by atoms with van der Waals surface area (Å²) in [6.45, 7) is 3.23. The first-order valence-corrected chi connectivity index (χ1v) is 9.58. The van der Waals surface area contributed by atoms with Gasteiger partial charge in [-0.05, 0) is 30.5 Å². The molecule has 146 valence electrons. The molecule has 1 aliphatic rings. The van der Waals surface area contributed by atoms with Crippen molar-refractivity contribution in [2.75, 3.05) is 17.6 Å². The SMILES string of the molecule is CC1CCNc2nc(-c3nn(Cc4ccccc4F)c4ncccc34)nc(N)c21. The predicted octanol–water partition coefficient (Wildman–Crippen LogP) is 3.58. The smallest absolute Gasteiger partial charge is 0.184 e. The van der Waals surface area contributed by atoms with Gasteiger partial charge in [0.25, 0.3) is 0 Å². The first-order chi connectivity index (χ1) is 14.1. The molecule has 0 spiro atoms. The van der Waals surface area contributed by atoms with Crippen LogP contribution in [0.2, 0.25) is 0 Å². The Balaban J connectivity index is 1.65. The number of rotatable bonds is 3. The summed E-state index contributed by atoms with van der Waals surface area (Å²) in [5, 5.41) is 8.80. The van der Waals surface area contributed by atoms with Gasteiger partial charge in [0, 0.05) is 23.9 Å². The van der Waals surface area contributed by atoms with Gasteiger partial charge in [0.15, 0.2) is 11.5 Å². The van der Waals surface area contributed by atoms with Crippen LogP contribution in [0.15, 0.2) is 42.6 Å². The van der Waals surface area contributed by atoms with E-state index < -0.39 is 0 Å². The molecule has 8 heteroatoms. The quantitative estimate of drug-likeness (QED) is 0.556. The van der Waals surface area contributed by atoms with Crippen LogP contribution in [-0.4, -0.2) is 31.3 Å². The van der Waals surface area contributed by atoms with E-state index >= 15 is 0 Å². The number of pyridine rings is 1. The highest BCUT2D eigenvalue weighted by Crippen LogP contribution is 2.36. The highest BCUT2D eigenvalue weighted by molar-refractivity contribution is 5.89. The van der Waals surface area contributed by atoms with E-state index in [0.29, 0.717) is 34.5 Å². The van der Waals surface area contributed by atoms with Gasteiger partial charge in [-0.2, -0.15) is 5.10 Å². The lowest BCUT2D eigenvalue weighted by Crippen LogP contribution is -2.19. The second-order valence-electron chi connectivity index (χ2n) is 7.28. The number of fused-ring (bicyclic) bond motifs is 2. The Bertz CT molecular complexity index is 1220. The summed E-state index contributed by atoms with van der Waals surface area (Å²) in [6, 6.07) is 10.4. The standard InChI is InChI=1S/C21H20FN7/c1-12-8-10-24-19-16(12)18(23)26-20(27-19)17-14-6-4-9-25-21(14)29(28-17)11-13-5-2-3-7-15(13)22/h2-7,9,12H,8,10-11H2,1H3,(H3,23,24,26,27). The van der Waals surface area contributed by atoms with Gasteiger partial charge in [0.1, 0.15) is 23.1 Å². The van der Waals surface area contributed by atoms with Gasteiger partial charge in [-0.15, -0.1) is 0 Å². The maximum atomic E-state index is 14.2. The third-order valence-corrected chi connectivity index (χ3v) is 5.33. The van der Waals surface area contributed by atoms with Crippen molar-refractivity contribution in [3.63, 3.8) is 0 Å². The fourth-order valence-corrected chi connectivity index (χ4v) is 3.84. The van der Waals surface area contributed by atoms with Crippen molar-refractivity contribution >= 4 is 22.7 Å². The van der Waals surface area contributed by atoms with E-state index in [1.54, 1.807) is 29.1 Å². The Morgan fingerprint density at radius 2 is 2.07 bits per heavy atom. The van der Waals surface area contributed by atoms with Crippen molar-refractivity contribution in [1.29, 1.82) is 0 Å². The molecule has 0 saturated carbocycles. The number of nitrogens with one attached hydrogen (secondary N) is 1. The minimum Gasteiger partial charge on any atom is -0.383 e. The van der Waals surface area contributed by atoms with Crippen LogP contribution >= 0.6 is 0 Å². The topological polar surface area (TPSA) is 94.5 Å². The third kappa shape index (κ3) is 2.97. The van der Waals surface area contributed by atoms with Gasteiger partial charge in [-0.25, -0.2) is 24.0 Å². The zero-order valence-corrected chi connectivity index (χ0v) is 15.9. The normalized spacial score (nSPS) is 15.9. The van der Waals surface area contributed by atoms with Crippen LogP contribution in [-0.2, 0) is 6.54 Å². The maximum Gasteiger partial charge on any atom is 0.184 e. The van der Waals surface area contributed by atoms with Crippen LogP contribution in [0, 0.1) is 5.82 Å².